The van der Waals surface area contributed by atoms with Crippen LogP contribution in [0, 0.1) is 23.3 Å². The molecule has 0 fully saturated rings. The van der Waals surface area contributed by atoms with Crippen LogP contribution in [-0.4, -0.2) is 17.7 Å². The van der Waals surface area contributed by atoms with Crippen molar-refractivity contribution in [3.63, 3.8) is 0 Å². The minimum Gasteiger partial charge on any atom is -0.479 e. The standard InChI is InChI=1S/C16H12ClF4NO4/c17-12(23)2-1-5-22-16(24)11-4-3-8(26-11)7-25-15-13(20)9(18)6-10(19)14(15)21/h3-4,6H,1-2,5,7H2,(H,22,24). The number of nitrogens with one attached hydrogen (secondary N) is 1. The smallest absolute Gasteiger partial charge is 0.286 e. The van der Waals surface area contributed by atoms with E-state index >= 15 is 0 Å². The number of halogens is 5. The lowest BCUT2D eigenvalue weighted by Gasteiger charge is -2.08. The number of amides is 1. The Bertz CT molecular complexity index is 799. The summed E-state index contributed by atoms with van der Waals surface area (Å²) < 4.78 is 63.0. The van der Waals surface area contributed by atoms with Crippen LogP contribution in [0.1, 0.15) is 29.2 Å². The summed E-state index contributed by atoms with van der Waals surface area (Å²) in [6.07, 6.45) is 0.439. The molecule has 0 spiro atoms. The largest absolute Gasteiger partial charge is 0.479 e. The van der Waals surface area contributed by atoms with E-state index in [0.29, 0.717) is 6.42 Å². The van der Waals surface area contributed by atoms with Gasteiger partial charge in [0.05, 0.1) is 0 Å². The van der Waals surface area contributed by atoms with Crippen molar-refractivity contribution in [2.75, 3.05) is 6.54 Å². The number of benzene rings is 1. The molecule has 5 nitrogen and oxygen atoms in total. The average molecular weight is 394 g/mol. The second-order valence-corrected chi connectivity index (χ2v) is 5.49. The molecule has 10 heteroatoms. The molecule has 2 rings (SSSR count). The third-order valence-corrected chi connectivity index (χ3v) is 3.34. The van der Waals surface area contributed by atoms with Gasteiger partial charge in [-0.3, -0.25) is 9.59 Å². The lowest BCUT2D eigenvalue weighted by atomic mass is 10.3. The maximum absolute atomic E-state index is 13.5. The molecule has 0 radical (unpaired) electrons. The lowest BCUT2D eigenvalue weighted by Crippen LogP contribution is -2.24. The van der Waals surface area contributed by atoms with Crippen LogP contribution in [0.4, 0.5) is 17.6 Å². The van der Waals surface area contributed by atoms with E-state index in [1.165, 1.54) is 12.1 Å². The summed E-state index contributed by atoms with van der Waals surface area (Å²) in [5.74, 6) is -8.50. The third kappa shape index (κ3) is 4.98. The van der Waals surface area contributed by atoms with Crippen LogP contribution >= 0.6 is 11.6 Å². The predicted octanol–water partition coefficient (Wildman–Crippen LogP) is 3.69. The zero-order valence-corrected chi connectivity index (χ0v) is 13.8. The zero-order chi connectivity index (χ0) is 19.3. The SMILES string of the molecule is O=C(Cl)CCCNC(=O)c1ccc(COc2c(F)c(F)cc(F)c2F)o1. The highest BCUT2D eigenvalue weighted by atomic mass is 35.5. The topological polar surface area (TPSA) is 68.5 Å². The minimum absolute atomic E-state index is 0.00504. The second kappa shape index (κ2) is 8.70. The van der Waals surface area contributed by atoms with Crippen molar-refractivity contribution in [3.05, 3.63) is 53.0 Å². The summed E-state index contributed by atoms with van der Waals surface area (Å²) in [5.41, 5.74) is 0. The van der Waals surface area contributed by atoms with Crippen LogP contribution in [0.3, 0.4) is 0 Å². The molecule has 2 aromatic rings. The van der Waals surface area contributed by atoms with Gasteiger partial charge in [-0.15, -0.1) is 0 Å². The van der Waals surface area contributed by atoms with Gasteiger partial charge in [0.25, 0.3) is 5.91 Å². The quantitative estimate of drug-likeness (QED) is 0.321. The Balaban J connectivity index is 1.95. The van der Waals surface area contributed by atoms with Gasteiger partial charge in [0, 0.05) is 19.0 Å². The van der Waals surface area contributed by atoms with Gasteiger partial charge in [0.15, 0.2) is 23.1 Å². The Morgan fingerprint density at radius 2 is 1.77 bits per heavy atom. The van der Waals surface area contributed by atoms with Crippen LogP contribution < -0.4 is 10.1 Å². The Morgan fingerprint density at radius 1 is 1.12 bits per heavy atom. The second-order valence-electron chi connectivity index (χ2n) is 5.07. The van der Waals surface area contributed by atoms with Gasteiger partial charge in [-0.25, -0.2) is 8.78 Å². The van der Waals surface area contributed by atoms with E-state index in [-0.39, 0.29) is 30.6 Å². The molecule has 0 atom stereocenters. The van der Waals surface area contributed by atoms with Gasteiger partial charge in [0.1, 0.15) is 12.4 Å². The number of carbonyl (C=O) groups is 2. The van der Waals surface area contributed by atoms with Gasteiger partial charge in [-0.05, 0) is 30.2 Å². The number of hydrogen-bond donors (Lipinski definition) is 1. The molecule has 0 saturated carbocycles. The Labute approximate surface area is 149 Å². The molecule has 1 amide bonds. The molecule has 0 aliphatic carbocycles. The van der Waals surface area contributed by atoms with Crippen LogP contribution in [0.2, 0.25) is 0 Å². The van der Waals surface area contributed by atoms with E-state index in [2.05, 4.69) is 5.32 Å². The molecule has 0 bridgehead atoms. The molecule has 1 N–H and O–H groups in total. The van der Waals surface area contributed by atoms with Crippen molar-refractivity contribution in [1.82, 2.24) is 5.32 Å². The molecular weight excluding hydrogens is 382 g/mol. The Kier molecular flexibility index (Phi) is 6.62. The van der Waals surface area contributed by atoms with Crippen molar-refractivity contribution in [3.8, 4) is 5.75 Å². The molecule has 0 aliphatic rings. The summed E-state index contributed by atoms with van der Waals surface area (Å²) in [7, 11) is 0. The summed E-state index contributed by atoms with van der Waals surface area (Å²) in [4.78, 5) is 22.4. The molecule has 1 aromatic heterocycles. The van der Waals surface area contributed by atoms with E-state index < -0.39 is 46.8 Å². The van der Waals surface area contributed by atoms with Crippen LogP contribution in [0.15, 0.2) is 22.6 Å². The lowest BCUT2D eigenvalue weighted by molar-refractivity contribution is -0.111. The molecule has 1 aromatic carbocycles. The predicted molar refractivity (Wildman–Crippen MR) is 81.7 cm³/mol. The average Bonchev–Trinajstić information content (AvgIpc) is 3.05. The maximum Gasteiger partial charge on any atom is 0.286 e. The van der Waals surface area contributed by atoms with Crippen molar-refractivity contribution < 1.29 is 36.3 Å². The Hall–Kier alpha value is -2.55. The van der Waals surface area contributed by atoms with Crippen molar-refractivity contribution in [2.24, 2.45) is 0 Å². The Morgan fingerprint density at radius 3 is 2.38 bits per heavy atom. The summed E-state index contributed by atoms with van der Waals surface area (Å²) in [5, 5.41) is 1.95. The number of rotatable bonds is 8. The molecule has 0 aliphatic heterocycles. The molecule has 1 heterocycles. The molecule has 140 valence electrons. The van der Waals surface area contributed by atoms with E-state index in [1.807, 2.05) is 0 Å². The van der Waals surface area contributed by atoms with Gasteiger partial charge in [-0.1, -0.05) is 0 Å². The molecular formula is C16H12ClF4NO4. The normalized spacial score (nSPS) is 10.7. The fraction of sp³-hybridized carbons (Fsp3) is 0.250. The van der Waals surface area contributed by atoms with Gasteiger partial charge >= 0.3 is 0 Å². The van der Waals surface area contributed by atoms with Crippen molar-refractivity contribution >= 4 is 22.8 Å². The van der Waals surface area contributed by atoms with E-state index in [9.17, 15) is 27.2 Å². The highest BCUT2D eigenvalue weighted by Crippen LogP contribution is 2.27. The maximum atomic E-state index is 13.5. The fourth-order valence-electron chi connectivity index (χ4n) is 1.92. The first-order valence-corrected chi connectivity index (χ1v) is 7.68. The van der Waals surface area contributed by atoms with Gasteiger partial charge < -0.3 is 14.5 Å². The van der Waals surface area contributed by atoms with Crippen LogP contribution in [0.5, 0.6) is 5.75 Å². The summed E-state index contributed by atoms with van der Waals surface area (Å²) in [6, 6.07) is 2.63. The van der Waals surface area contributed by atoms with E-state index in [4.69, 9.17) is 20.8 Å². The van der Waals surface area contributed by atoms with E-state index in [1.54, 1.807) is 0 Å². The van der Waals surface area contributed by atoms with Crippen LogP contribution in [-0.2, 0) is 11.4 Å². The molecule has 26 heavy (non-hydrogen) atoms. The highest BCUT2D eigenvalue weighted by Gasteiger charge is 2.21. The van der Waals surface area contributed by atoms with Crippen molar-refractivity contribution in [1.29, 1.82) is 0 Å². The monoisotopic (exact) mass is 393 g/mol. The summed E-state index contributed by atoms with van der Waals surface area (Å²) in [6.45, 7) is -0.381. The molecule has 0 saturated heterocycles. The first kappa shape index (κ1) is 19.8. The minimum atomic E-state index is -1.68. The number of hydrogen-bond acceptors (Lipinski definition) is 4. The number of carbonyl (C=O) groups excluding carboxylic acids is 2. The van der Waals surface area contributed by atoms with Crippen molar-refractivity contribution in [2.45, 2.75) is 19.4 Å². The number of furan rings is 1. The highest BCUT2D eigenvalue weighted by molar-refractivity contribution is 6.63. The summed E-state index contributed by atoms with van der Waals surface area (Å²) >= 11 is 5.16. The van der Waals surface area contributed by atoms with Gasteiger partial charge in [0.2, 0.25) is 16.9 Å². The fourth-order valence-corrected chi connectivity index (χ4v) is 2.05. The van der Waals surface area contributed by atoms with E-state index in [0.717, 1.165) is 0 Å². The first-order valence-electron chi connectivity index (χ1n) is 7.30. The number of ether oxygens (including phenoxy) is 1. The third-order valence-electron chi connectivity index (χ3n) is 3.15. The van der Waals surface area contributed by atoms with Crippen LogP contribution in [0.25, 0.3) is 0 Å². The first-order chi connectivity index (χ1) is 12.3. The molecule has 0 unspecified atom stereocenters. The van der Waals surface area contributed by atoms with Gasteiger partial charge in [-0.2, -0.15) is 8.78 Å². The zero-order valence-electron chi connectivity index (χ0n) is 13.1.